The quantitative estimate of drug-likeness (QED) is 0.181. The first kappa shape index (κ1) is 31.9. The molecular formula is C50H44N2O. The Bertz CT molecular complexity index is 2810. The van der Waals surface area contributed by atoms with E-state index in [0.29, 0.717) is 0 Å². The number of fused-ring (bicyclic) bond motifs is 10. The summed E-state index contributed by atoms with van der Waals surface area (Å²) in [6.07, 6.45) is 1.84. The summed E-state index contributed by atoms with van der Waals surface area (Å²) in [5, 5.41) is 5.12. The fourth-order valence-electron chi connectivity index (χ4n) is 8.72. The van der Waals surface area contributed by atoms with E-state index in [1.54, 1.807) is 0 Å². The number of nitrogens with zero attached hydrogens (tertiary/aromatic N) is 2. The third-order valence-corrected chi connectivity index (χ3v) is 11.6. The van der Waals surface area contributed by atoms with E-state index in [9.17, 15) is 0 Å². The lowest BCUT2D eigenvalue weighted by atomic mass is 9.85. The predicted octanol–water partition coefficient (Wildman–Crippen LogP) is 13.5. The molecule has 9 aromatic rings. The lowest BCUT2D eigenvalue weighted by Gasteiger charge is -2.19. The van der Waals surface area contributed by atoms with Crippen molar-refractivity contribution < 1.29 is 4.42 Å². The molecule has 0 spiro atoms. The number of furan rings is 1. The van der Waals surface area contributed by atoms with Gasteiger partial charge in [-0.3, -0.25) is 0 Å². The third kappa shape index (κ3) is 4.94. The second-order valence-corrected chi connectivity index (χ2v) is 17.0. The van der Waals surface area contributed by atoms with Gasteiger partial charge < -0.3 is 13.6 Å². The van der Waals surface area contributed by atoms with E-state index in [1.165, 1.54) is 88.5 Å². The molecule has 0 saturated carbocycles. The van der Waals surface area contributed by atoms with Crippen molar-refractivity contribution in [2.45, 2.75) is 65.2 Å². The lowest BCUT2D eigenvalue weighted by molar-refractivity contribution is 0.543. The van der Waals surface area contributed by atoms with E-state index < -0.39 is 0 Å². The Kier molecular flexibility index (Phi) is 6.83. The number of hydrogen-bond acceptors (Lipinski definition) is 1. The Morgan fingerprint density at radius 1 is 0.453 bits per heavy atom. The Morgan fingerprint density at radius 2 is 0.962 bits per heavy atom. The topological polar surface area (TPSA) is 23.0 Å². The van der Waals surface area contributed by atoms with Gasteiger partial charge in [0.15, 0.2) is 0 Å². The van der Waals surface area contributed by atoms with Gasteiger partial charge in [0.1, 0.15) is 11.3 Å². The van der Waals surface area contributed by atoms with Gasteiger partial charge in [0.2, 0.25) is 0 Å². The summed E-state index contributed by atoms with van der Waals surface area (Å²) >= 11 is 0. The number of aromatic nitrogens is 2. The maximum atomic E-state index is 6.37. The maximum absolute atomic E-state index is 6.37. The Morgan fingerprint density at radius 3 is 1.55 bits per heavy atom. The smallest absolute Gasteiger partial charge is 0.134 e. The first-order valence-electron chi connectivity index (χ1n) is 19.0. The predicted molar refractivity (Wildman–Crippen MR) is 223 cm³/mol. The first-order valence-corrected chi connectivity index (χ1v) is 19.0. The molecular weight excluding hydrogens is 645 g/mol. The third-order valence-electron chi connectivity index (χ3n) is 11.6. The summed E-state index contributed by atoms with van der Waals surface area (Å²) in [6.45, 7) is 13.8. The Hall–Kier alpha value is -5.80. The number of para-hydroxylation sites is 2. The average Bonchev–Trinajstić information content (AvgIpc) is 3.81. The highest BCUT2D eigenvalue weighted by Gasteiger charge is 2.29. The lowest BCUT2D eigenvalue weighted by Crippen LogP contribution is -2.10. The zero-order valence-corrected chi connectivity index (χ0v) is 31.4. The van der Waals surface area contributed by atoms with Crippen LogP contribution in [0.4, 0.5) is 0 Å². The fraction of sp³-hybridized carbons (Fsp3) is 0.200. The molecule has 10 rings (SSSR count). The summed E-state index contributed by atoms with van der Waals surface area (Å²) in [7, 11) is 0. The van der Waals surface area contributed by atoms with Crippen LogP contribution in [-0.2, 0) is 23.7 Å². The van der Waals surface area contributed by atoms with Crippen molar-refractivity contribution in [2.75, 3.05) is 0 Å². The summed E-state index contributed by atoms with van der Waals surface area (Å²) in [4.78, 5) is 0. The van der Waals surface area contributed by atoms with Crippen LogP contribution in [0.5, 0.6) is 0 Å². The molecule has 6 aromatic carbocycles. The summed E-state index contributed by atoms with van der Waals surface area (Å²) in [6, 6.07) is 49.6. The van der Waals surface area contributed by atoms with Crippen LogP contribution in [0.25, 0.3) is 77.3 Å². The minimum absolute atomic E-state index is 0.0769. The van der Waals surface area contributed by atoms with Crippen LogP contribution in [0.3, 0.4) is 0 Å². The second kappa shape index (κ2) is 11.3. The van der Waals surface area contributed by atoms with Crippen LogP contribution in [0.2, 0.25) is 0 Å². The molecule has 0 unspecified atom stereocenters. The minimum Gasteiger partial charge on any atom is -0.460 e. The average molecular weight is 689 g/mol. The first-order chi connectivity index (χ1) is 25.5. The van der Waals surface area contributed by atoms with Crippen molar-refractivity contribution in [2.24, 2.45) is 0 Å². The summed E-state index contributed by atoms with van der Waals surface area (Å²) in [5.41, 5.74) is 16.3. The molecule has 0 fully saturated rings. The van der Waals surface area contributed by atoms with Gasteiger partial charge >= 0.3 is 0 Å². The normalized spacial score (nSPS) is 13.3. The van der Waals surface area contributed by atoms with Crippen LogP contribution in [0, 0.1) is 0 Å². The van der Waals surface area contributed by atoms with Gasteiger partial charge in [-0.1, -0.05) is 114 Å². The van der Waals surface area contributed by atoms with E-state index in [1.807, 2.05) is 0 Å². The van der Waals surface area contributed by atoms with E-state index in [4.69, 9.17) is 4.42 Å². The zero-order chi connectivity index (χ0) is 36.2. The maximum Gasteiger partial charge on any atom is 0.134 e. The minimum atomic E-state index is 0.0769. The molecule has 0 bridgehead atoms. The van der Waals surface area contributed by atoms with Crippen molar-refractivity contribution in [3.63, 3.8) is 0 Å². The molecule has 1 aliphatic carbocycles. The fourth-order valence-corrected chi connectivity index (χ4v) is 8.72. The number of rotatable bonds is 3. The van der Waals surface area contributed by atoms with E-state index in [2.05, 4.69) is 184 Å². The van der Waals surface area contributed by atoms with Gasteiger partial charge in [-0.25, -0.2) is 0 Å². The summed E-state index contributed by atoms with van der Waals surface area (Å²) in [5.74, 6) is 1.10. The van der Waals surface area contributed by atoms with Crippen LogP contribution < -0.4 is 0 Å². The van der Waals surface area contributed by atoms with Crippen molar-refractivity contribution in [1.82, 2.24) is 9.13 Å². The van der Waals surface area contributed by atoms with Crippen LogP contribution in [0.1, 0.15) is 64.1 Å². The van der Waals surface area contributed by atoms with Gasteiger partial charge in [-0.05, 0) is 100 Å². The Balaban J connectivity index is 1.04. The highest BCUT2D eigenvalue weighted by Crippen LogP contribution is 2.47. The summed E-state index contributed by atoms with van der Waals surface area (Å²) < 4.78 is 11.3. The molecule has 0 amide bonds. The zero-order valence-electron chi connectivity index (χ0n) is 31.4. The van der Waals surface area contributed by atoms with Crippen molar-refractivity contribution in [3.05, 3.63) is 156 Å². The molecule has 3 heterocycles. The standard InChI is InChI=1S/C50H44N2O/c1-49(2,3)33-19-25-42-39(29-33)40-30-34(50(4,5)6)20-26-43(40)51(42)35-21-15-31(16-22-35)32-17-23-36(24-18-32)52-41-13-9-7-11-37(41)47-44(52)27-28-46-48(47)38-12-8-10-14-45(38)53-46/h7-26,29-30H,27-28H2,1-6H3. The van der Waals surface area contributed by atoms with Gasteiger partial charge in [0.25, 0.3) is 0 Å². The second-order valence-electron chi connectivity index (χ2n) is 17.0. The molecule has 53 heavy (non-hydrogen) atoms. The van der Waals surface area contributed by atoms with Gasteiger partial charge in [-0.2, -0.15) is 0 Å². The molecule has 260 valence electrons. The van der Waals surface area contributed by atoms with Gasteiger partial charge in [-0.15, -0.1) is 0 Å². The number of hydrogen-bond donors (Lipinski definition) is 0. The number of aryl methyl sites for hydroxylation is 1. The molecule has 1 aliphatic rings. The van der Waals surface area contributed by atoms with Gasteiger partial charge in [0.05, 0.1) is 16.6 Å². The molecule has 3 heteroatoms. The monoisotopic (exact) mass is 688 g/mol. The van der Waals surface area contributed by atoms with Crippen molar-refractivity contribution in [3.8, 4) is 33.6 Å². The number of benzene rings is 6. The van der Waals surface area contributed by atoms with Gasteiger partial charge in [0, 0.05) is 56.2 Å². The Labute approximate surface area is 311 Å². The van der Waals surface area contributed by atoms with Crippen LogP contribution >= 0.6 is 0 Å². The molecule has 0 N–H and O–H groups in total. The highest BCUT2D eigenvalue weighted by atomic mass is 16.3. The SMILES string of the molecule is CC(C)(C)c1ccc2c(c1)c1cc(C(C)(C)C)ccc1n2-c1ccc(-c2ccc(-n3c4c(c5ccccc53)-c3c(oc5ccccc35)CC4)cc2)cc1. The largest absolute Gasteiger partial charge is 0.460 e. The van der Waals surface area contributed by atoms with Crippen LogP contribution in [0.15, 0.2) is 138 Å². The van der Waals surface area contributed by atoms with Crippen molar-refractivity contribution >= 4 is 43.7 Å². The van der Waals surface area contributed by atoms with E-state index in [0.717, 1.165) is 24.2 Å². The highest BCUT2D eigenvalue weighted by molar-refractivity contribution is 6.10. The van der Waals surface area contributed by atoms with Crippen molar-refractivity contribution in [1.29, 1.82) is 0 Å². The molecule has 0 radical (unpaired) electrons. The van der Waals surface area contributed by atoms with E-state index >= 15 is 0 Å². The molecule has 3 nitrogen and oxygen atoms in total. The van der Waals surface area contributed by atoms with Crippen LogP contribution in [-0.4, -0.2) is 9.13 Å². The molecule has 0 saturated heterocycles. The molecule has 0 atom stereocenters. The molecule has 0 aliphatic heterocycles. The van der Waals surface area contributed by atoms with E-state index in [-0.39, 0.29) is 10.8 Å². The molecule has 3 aromatic heterocycles.